The molecule has 3 heterocycles. The Labute approximate surface area is 140 Å². The zero-order valence-electron chi connectivity index (χ0n) is 13.0. The van der Waals surface area contributed by atoms with E-state index in [0.717, 1.165) is 22.6 Å². The molecule has 3 aromatic rings. The van der Waals surface area contributed by atoms with Crippen LogP contribution in [0, 0.1) is 0 Å². The Kier molecular flexibility index (Phi) is 4.22. The van der Waals surface area contributed by atoms with Crippen LogP contribution >= 0.6 is 11.3 Å². The molecule has 1 aromatic carbocycles. The van der Waals surface area contributed by atoms with Gasteiger partial charge in [-0.3, -0.25) is 4.90 Å². The fraction of sp³-hybridized carbons (Fsp3) is 0.333. The van der Waals surface area contributed by atoms with Gasteiger partial charge in [0.05, 0.1) is 11.4 Å². The van der Waals surface area contributed by atoms with Gasteiger partial charge < -0.3 is 5.32 Å². The topological polar surface area (TPSA) is 41.1 Å². The second-order valence-corrected chi connectivity index (χ2v) is 6.81. The highest BCUT2D eigenvalue weighted by atomic mass is 32.1. The lowest BCUT2D eigenvalue weighted by Crippen LogP contribution is -2.31. The number of nitrogens with one attached hydrogen (secondary N) is 1. The van der Waals surface area contributed by atoms with E-state index in [9.17, 15) is 0 Å². The third-order valence-corrected chi connectivity index (χ3v) is 5.31. The van der Waals surface area contributed by atoms with Gasteiger partial charge in [-0.25, -0.2) is 9.97 Å². The number of thiophene rings is 1. The fourth-order valence-electron chi connectivity index (χ4n) is 3.31. The second-order valence-electron chi connectivity index (χ2n) is 5.91. The van der Waals surface area contributed by atoms with E-state index in [-0.39, 0.29) is 0 Å². The summed E-state index contributed by atoms with van der Waals surface area (Å²) in [6, 6.07) is 13.3. The zero-order chi connectivity index (χ0) is 15.5. The van der Waals surface area contributed by atoms with Gasteiger partial charge in [0.25, 0.3) is 0 Å². The van der Waals surface area contributed by atoms with Crippen molar-refractivity contribution >= 4 is 27.4 Å². The first-order valence-electron chi connectivity index (χ1n) is 8.13. The van der Waals surface area contributed by atoms with Crippen LogP contribution in [-0.4, -0.2) is 34.5 Å². The van der Waals surface area contributed by atoms with Gasteiger partial charge in [-0.15, -0.1) is 11.3 Å². The first kappa shape index (κ1) is 14.6. The van der Waals surface area contributed by atoms with E-state index in [1.807, 2.05) is 0 Å². The molecule has 0 radical (unpaired) electrons. The van der Waals surface area contributed by atoms with Crippen molar-refractivity contribution in [2.24, 2.45) is 0 Å². The molecule has 0 spiro atoms. The Morgan fingerprint density at radius 3 is 2.74 bits per heavy atom. The molecule has 0 unspecified atom stereocenters. The van der Waals surface area contributed by atoms with E-state index in [1.54, 1.807) is 17.7 Å². The smallest absolute Gasteiger partial charge is 0.138 e. The van der Waals surface area contributed by atoms with Crippen LogP contribution in [-0.2, 0) is 0 Å². The Bertz CT molecular complexity index is 765. The first-order valence-corrected chi connectivity index (χ1v) is 9.01. The lowest BCUT2D eigenvalue weighted by Gasteiger charge is -2.28. The Balaban J connectivity index is 1.57. The Morgan fingerprint density at radius 2 is 1.91 bits per heavy atom. The molecule has 1 N–H and O–H groups in total. The van der Waals surface area contributed by atoms with Gasteiger partial charge in [0.15, 0.2) is 0 Å². The lowest BCUT2D eigenvalue weighted by atomic mass is 10.1. The second kappa shape index (κ2) is 6.64. The van der Waals surface area contributed by atoms with E-state index in [2.05, 4.69) is 62.0 Å². The summed E-state index contributed by atoms with van der Waals surface area (Å²) >= 11 is 1.66. The number of hydrogen-bond donors (Lipinski definition) is 1. The fourth-order valence-corrected chi connectivity index (χ4v) is 4.04. The molecular formula is C18H20N4S. The summed E-state index contributed by atoms with van der Waals surface area (Å²) in [5.41, 5.74) is 1.37. The molecule has 1 saturated heterocycles. The molecule has 1 fully saturated rings. The molecule has 5 heteroatoms. The first-order chi connectivity index (χ1) is 11.4. The van der Waals surface area contributed by atoms with Crippen LogP contribution in [0.15, 0.2) is 48.1 Å². The number of likely N-dealkylation sites (tertiary alicyclic amines) is 1. The molecular weight excluding hydrogens is 304 g/mol. The van der Waals surface area contributed by atoms with E-state index in [1.165, 1.54) is 31.5 Å². The highest BCUT2D eigenvalue weighted by molar-refractivity contribution is 7.16. The van der Waals surface area contributed by atoms with Crippen LogP contribution in [0.1, 0.15) is 24.4 Å². The molecule has 23 heavy (non-hydrogen) atoms. The van der Waals surface area contributed by atoms with E-state index < -0.39 is 0 Å². The minimum absolute atomic E-state index is 0.391. The Hall–Kier alpha value is -1.98. The van der Waals surface area contributed by atoms with Gasteiger partial charge >= 0.3 is 0 Å². The van der Waals surface area contributed by atoms with Crippen LogP contribution in [0.2, 0.25) is 0 Å². The molecule has 4 rings (SSSR count). The predicted octanol–water partition coefficient (Wildman–Crippen LogP) is 3.94. The minimum atomic E-state index is 0.391. The molecule has 4 nitrogen and oxygen atoms in total. The summed E-state index contributed by atoms with van der Waals surface area (Å²) in [6.45, 7) is 3.23. The maximum absolute atomic E-state index is 4.44. The summed E-state index contributed by atoms with van der Waals surface area (Å²) in [6.07, 6.45) is 4.24. The average Bonchev–Trinajstić information content (AvgIpc) is 3.28. The summed E-state index contributed by atoms with van der Waals surface area (Å²) in [7, 11) is 0. The van der Waals surface area contributed by atoms with Crippen LogP contribution in [0.5, 0.6) is 0 Å². The van der Waals surface area contributed by atoms with E-state index in [0.29, 0.717) is 6.04 Å². The third-order valence-electron chi connectivity index (χ3n) is 4.49. The monoisotopic (exact) mass is 324 g/mol. The van der Waals surface area contributed by atoms with Crippen molar-refractivity contribution in [1.29, 1.82) is 0 Å². The highest BCUT2D eigenvalue weighted by Crippen LogP contribution is 2.28. The van der Waals surface area contributed by atoms with Gasteiger partial charge in [0, 0.05) is 6.54 Å². The number of rotatable bonds is 5. The summed E-state index contributed by atoms with van der Waals surface area (Å²) in [5.74, 6) is 0.941. The summed E-state index contributed by atoms with van der Waals surface area (Å²) < 4.78 is 0. The summed E-state index contributed by atoms with van der Waals surface area (Å²) in [4.78, 5) is 12.4. The quantitative estimate of drug-likeness (QED) is 0.772. The standard InChI is InChI=1S/C18H20N4S/c1-2-6-14(7-3-1)16(22-9-4-5-10-22)12-19-17-15-8-11-23-18(15)21-13-20-17/h1-3,6-8,11,13,16H,4-5,9-10,12H2,(H,19,20,21)/t16-/m0/s1. The van der Waals surface area contributed by atoms with Crippen molar-refractivity contribution in [2.45, 2.75) is 18.9 Å². The van der Waals surface area contributed by atoms with Crippen molar-refractivity contribution in [3.05, 3.63) is 53.7 Å². The van der Waals surface area contributed by atoms with Crippen molar-refractivity contribution in [3.8, 4) is 0 Å². The SMILES string of the molecule is c1ccc([C@H](CNc2ncnc3sccc23)N2CCCC2)cc1. The van der Waals surface area contributed by atoms with Crippen LogP contribution in [0.25, 0.3) is 10.2 Å². The van der Waals surface area contributed by atoms with Crippen molar-refractivity contribution in [2.75, 3.05) is 25.0 Å². The normalized spacial score (nSPS) is 16.7. The molecule has 0 bridgehead atoms. The lowest BCUT2D eigenvalue weighted by molar-refractivity contribution is 0.256. The number of benzene rings is 1. The average molecular weight is 324 g/mol. The number of anilines is 1. The van der Waals surface area contributed by atoms with Crippen molar-refractivity contribution in [1.82, 2.24) is 14.9 Å². The van der Waals surface area contributed by atoms with Crippen LogP contribution in [0.4, 0.5) is 5.82 Å². The van der Waals surface area contributed by atoms with E-state index in [4.69, 9.17) is 0 Å². The molecule has 118 valence electrons. The largest absolute Gasteiger partial charge is 0.368 e. The van der Waals surface area contributed by atoms with Gasteiger partial charge in [-0.1, -0.05) is 30.3 Å². The van der Waals surface area contributed by atoms with Crippen molar-refractivity contribution < 1.29 is 0 Å². The molecule has 0 amide bonds. The molecule has 0 aliphatic carbocycles. The van der Waals surface area contributed by atoms with Gasteiger partial charge in [0.2, 0.25) is 0 Å². The van der Waals surface area contributed by atoms with Gasteiger partial charge in [-0.2, -0.15) is 0 Å². The zero-order valence-corrected chi connectivity index (χ0v) is 13.8. The maximum atomic E-state index is 4.44. The molecule has 1 aliphatic rings. The van der Waals surface area contributed by atoms with Crippen LogP contribution in [0.3, 0.4) is 0 Å². The third kappa shape index (κ3) is 3.07. The maximum Gasteiger partial charge on any atom is 0.138 e. The Morgan fingerprint density at radius 1 is 1.09 bits per heavy atom. The highest BCUT2D eigenvalue weighted by Gasteiger charge is 2.23. The number of nitrogens with zero attached hydrogens (tertiary/aromatic N) is 3. The van der Waals surface area contributed by atoms with Crippen molar-refractivity contribution in [3.63, 3.8) is 0 Å². The van der Waals surface area contributed by atoms with E-state index >= 15 is 0 Å². The molecule has 1 aliphatic heterocycles. The van der Waals surface area contributed by atoms with Gasteiger partial charge in [0.1, 0.15) is 17.0 Å². The number of fused-ring (bicyclic) bond motifs is 1. The molecule has 1 atom stereocenters. The number of aromatic nitrogens is 2. The summed E-state index contributed by atoms with van der Waals surface area (Å²) in [5, 5.41) is 6.75. The number of hydrogen-bond acceptors (Lipinski definition) is 5. The minimum Gasteiger partial charge on any atom is -0.368 e. The predicted molar refractivity (Wildman–Crippen MR) is 95.9 cm³/mol. The van der Waals surface area contributed by atoms with Gasteiger partial charge in [-0.05, 0) is 42.9 Å². The molecule has 2 aromatic heterocycles. The molecule has 0 saturated carbocycles. The van der Waals surface area contributed by atoms with Crippen LogP contribution < -0.4 is 5.32 Å².